The maximum absolute atomic E-state index is 10.6. The number of benzene rings is 1. The number of aliphatic carboxylic acids is 1. The molecule has 0 aromatic heterocycles. The van der Waals surface area contributed by atoms with E-state index in [1.165, 1.54) is 0 Å². The van der Waals surface area contributed by atoms with Gasteiger partial charge in [-0.1, -0.05) is 12.1 Å². The number of nitrogen functional groups attached to an aromatic ring is 1. The van der Waals surface area contributed by atoms with Gasteiger partial charge in [0, 0.05) is 5.69 Å². The van der Waals surface area contributed by atoms with Crippen molar-refractivity contribution in [2.75, 3.05) is 5.73 Å². The molecule has 1 aliphatic rings. The fourth-order valence-corrected chi connectivity index (χ4v) is 1.73. The number of rotatable bonds is 4. The molecule has 0 bridgehead atoms. The van der Waals surface area contributed by atoms with Gasteiger partial charge in [0.2, 0.25) is 0 Å². The highest BCUT2D eigenvalue weighted by Gasteiger charge is 2.34. The molecule has 4 nitrogen and oxygen atoms in total. The number of ether oxygens (including phenoxy) is 1. The second-order valence-electron chi connectivity index (χ2n) is 4.18. The average molecular weight is 221 g/mol. The third-order valence-electron chi connectivity index (χ3n) is 2.91. The zero-order valence-corrected chi connectivity index (χ0v) is 8.93. The summed E-state index contributed by atoms with van der Waals surface area (Å²) in [5.41, 5.74) is 7.36. The predicted molar refractivity (Wildman–Crippen MR) is 59.8 cm³/mol. The quantitative estimate of drug-likeness (QED) is 0.758. The lowest BCUT2D eigenvalue weighted by Crippen LogP contribution is -2.36. The van der Waals surface area contributed by atoms with Gasteiger partial charge in [-0.25, -0.2) is 0 Å². The van der Waals surface area contributed by atoms with Crippen molar-refractivity contribution < 1.29 is 14.6 Å². The van der Waals surface area contributed by atoms with Gasteiger partial charge in [-0.15, -0.1) is 0 Å². The molecule has 0 amide bonds. The fourth-order valence-electron chi connectivity index (χ4n) is 1.73. The number of carboxylic acids is 1. The van der Waals surface area contributed by atoms with Gasteiger partial charge in [0.15, 0.2) is 0 Å². The van der Waals surface area contributed by atoms with Crippen molar-refractivity contribution in [2.24, 2.45) is 5.92 Å². The molecule has 0 unspecified atom stereocenters. The van der Waals surface area contributed by atoms with Gasteiger partial charge in [-0.3, -0.25) is 4.79 Å². The minimum atomic E-state index is -0.715. The zero-order chi connectivity index (χ0) is 11.5. The molecule has 1 aliphatic carbocycles. The third kappa shape index (κ3) is 2.52. The molecule has 2 rings (SSSR count). The molecule has 86 valence electrons. The number of hydrogen-bond donors (Lipinski definition) is 2. The van der Waals surface area contributed by atoms with Crippen LogP contribution in [0.3, 0.4) is 0 Å². The first-order valence-corrected chi connectivity index (χ1v) is 5.34. The summed E-state index contributed by atoms with van der Waals surface area (Å²) in [5.74, 6) is -0.927. The Labute approximate surface area is 94.0 Å². The van der Waals surface area contributed by atoms with Gasteiger partial charge in [0.1, 0.15) is 0 Å². The van der Waals surface area contributed by atoms with Crippen LogP contribution in [0, 0.1) is 5.92 Å². The van der Waals surface area contributed by atoms with Crippen LogP contribution in [0.1, 0.15) is 18.4 Å². The molecule has 3 N–H and O–H groups in total. The second-order valence-corrected chi connectivity index (χ2v) is 4.18. The Kier molecular flexibility index (Phi) is 3.10. The summed E-state index contributed by atoms with van der Waals surface area (Å²) < 4.78 is 5.58. The predicted octanol–water partition coefficient (Wildman–Crippen LogP) is 1.65. The second kappa shape index (κ2) is 4.53. The molecule has 1 aromatic carbocycles. The first kappa shape index (κ1) is 11.0. The summed E-state index contributed by atoms with van der Waals surface area (Å²) in [6, 6.07) is 7.50. The van der Waals surface area contributed by atoms with Crippen LogP contribution in [0.15, 0.2) is 24.3 Å². The molecule has 16 heavy (non-hydrogen) atoms. The van der Waals surface area contributed by atoms with Crippen LogP contribution in [0.2, 0.25) is 0 Å². The Morgan fingerprint density at radius 1 is 1.38 bits per heavy atom. The number of hydrogen-bond acceptors (Lipinski definition) is 3. The molecule has 0 saturated heterocycles. The molecule has 0 radical (unpaired) electrons. The van der Waals surface area contributed by atoms with Crippen LogP contribution in [0.4, 0.5) is 5.69 Å². The normalized spacial score (nSPS) is 23.8. The Morgan fingerprint density at radius 2 is 2.00 bits per heavy atom. The van der Waals surface area contributed by atoms with Crippen molar-refractivity contribution >= 4 is 11.7 Å². The highest BCUT2D eigenvalue weighted by Crippen LogP contribution is 2.30. The molecule has 4 heteroatoms. The fraction of sp³-hybridized carbons (Fsp3) is 0.417. The van der Waals surface area contributed by atoms with Crippen molar-refractivity contribution in [3.63, 3.8) is 0 Å². The van der Waals surface area contributed by atoms with E-state index in [1.54, 1.807) is 0 Å². The SMILES string of the molecule is Nc1ccc(COC2CC(C(=O)O)C2)cc1. The standard InChI is InChI=1S/C12H15NO3/c13-10-3-1-8(2-4-10)7-16-11-5-9(6-11)12(14)15/h1-4,9,11H,5-7,13H2,(H,14,15). The van der Waals surface area contributed by atoms with Crippen molar-refractivity contribution in [3.8, 4) is 0 Å². The number of carboxylic acid groups (broad SMARTS) is 1. The van der Waals surface area contributed by atoms with E-state index < -0.39 is 5.97 Å². The molecule has 1 saturated carbocycles. The summed E-state index contributed by atoms with van der Waals surface area (Å²) in [4.78, 5) is 10.6. The summed E-state index contributed by atoms with van der Waals surface area (Å²) in [6.45, 7) is 0.525. The summed E-state index contributed by atoms with van der Waals surface area (Å²) in [7, 11) is 0. The van der Waals surface area contributed by atoms with E-state index in [0.717, 1.165) is 11.3 Å². The molecular weight excluding hydrogens is 206 g/mol. The third-order valence-corrected chi connectivity index (χ3v) is 2.91. The minimum Gasteiger partial charge on any atom is -0.481 e. The maximum Gasteiger partial charge on any atom is 0.306 e. The van der Waals surface area contributed by atoms with Crippen LogP contribution in [-0.2, 0) is 16.1 Å². The highest BCUT2D eigenvalue weighted by molar-refractivity contribution is 5.71. The highest BCUT2D eigenvalue weighted by atomic mass is 16.5. The molecule has 0 spiro atoms. The smallest absolute Gasteiger partial charge is 0.306 e. The average Bonchev–Trinajstić information content (AvgIpc) is 2.18. The van der Waals surface area contributed by atoms with E-state index in [1.807, 2.05) is 24.3 Å². The van der Waals surface area contributed by atoms with E-state index in [4.69, 9.17) is 15.6 Å². The molecule has 0 heterocycles. The summed E-state index contributed by atoms with van der Waals surface area (Å²) in [5, 5.41) is 8.70. The number of anilines is 1. The van der Waals surface area contributed by atoms with Crippen molar-refractivity contribution in [1.29, 1.82) is 0 Å². The van der Waals surface area contributed by atoms with Gasteiger partial charge < -0.3 is 15.6 Å². The van der Waals surface area contributed by atoms with Gasteiger partial charge in [0.25, 0.3) is 0 Å². The van der Waals surface area contributed by atoms with Gasteiger partial charge >= 0.3 is 5.97 Å². The zero-order valence-electron chi connectivity index (χ0n) is 8.93. The lowest BCUT2D eigenvalue weighted by molar-refractivity contribution is -0.151. The van der Waals surface area contributed by atoms with Crippen molar-refractivity contribution in [3.05, 3.63) is 29.8 Å². The lowest BCUT2D eigenvalue weighted by atomic mass is 9.82. The molecule has 1 fully saturated rings. The lowest BCUT2D eigenvalue weighted by Gasteiger charge is -2.32. The van der Waals surface area contributed by atoms with Crippen LogP contribution in [0.5, 0.6) is 0 Å². The Bertz CT molecular complexity index is 368. The van der Waals surface area contributed by atoms with E-state index >= 15 is 0 Å². The molecular formula is C12H15NO3. The van der Waals surface area contributed by atoms with Crippen LogP contribution >= 0.6 is 0 Å². The van der Waals surface area contributed by atoms with E-state index in [2.05, 4.69) is 0 Å². The van der Waals surface area contributed by atoms with Gasteiger partial charge in [-0.2, -0.15) is 0 Å². The van der Waals surface area contributed by atoms with Crippen LogP contribution in [-0.4, -0.2) is 17.2 Å². The summed E-state index contributed by atoms with van der Waals surface area (Å²) >= 11 is 0. The molecule has 0 atom stereocenters. The van der Waals surface area contributed by atoms with E-state index in [-0.39, 0.29) is 12.0 Å². The largest absolute Gasteiger partial charge is 0.481 e. The van der Waals surface area contributed by atoms with Crippen LogP contribution < -0.4 is 5.73 Å². The minimum absolute atomic E-state index is 0.0960. The van der Waals surface area contributed by atoms with Crippen molar-refractivity contribution in [1.82, 2.24) is 0 Å². The van der Waals surface area contributed by atoms with Crippen molar-refractivity contribution in [2.45, 2.75) is 25.6 Å². The number of carbonyl (C=O) groups is 1. The summed E-state index contributed by atoms with van der Waals surface area (Å²) in [6.07, 6.45) is 1.35. The molecule has 0 aliphatic heterocycles. The topological polar surface area (TPSA) is 72.5 Å². The monoisotopic (exact) mass is 221 g/mol. The van der Waals surface area contributed by atoms with E-state index in [9.17, 15) is 4.79 Å². The van der Waals surface area contributed by atoms with Crippen LogP contribution in [0.25, 0.3) is 0 Å². The van der Waals surface area contributed by atoms with Gasteiger partial charge in [0.05, 0.1) is 18.6 Å². The first-order valence-electron chi connectivity index (χ1n) is 5.34. The Hall–Kier alpha value is -1.55. The first-order chi connectivity index (χ1) is 7.65. The number of nitrogens with two attached hydrogens (primary N) is 1. The Balaban J connectivity index is 1.73. The van der Waals surface area contributed by atoms with Gasteiger partial charge in [-0.05, 0) is 30.5 Å². The Morgan fingerprint density at radius 3 is 2.56 bits per heavy atom. The maximum atomic E-state index is 10.6. The molecule has 1 aromatic rings. The van der Waals surface area contributed by atoms with E-state index in [0.29, 0.717) is 19.4 Å².